The van der Waals surface area contributed by atoms with Crippen LogP contribution in [0.1, 0.15) is 37.3 Å². The van der Waals surface area contributed by atoms with Crippen molar-refractivity contribution in [3.8, 4) is 0 Å². The zero-order valence-corrected chi connectivity index (χ0v) is 8.62. The van der Waals surface area contributed by atoms with E-state index in [0.29, 0.717) is 5.92 Å². The van der Waals surface area contributed by atoms with E-state index in [1.807, 2.05) is 6.21 Å². The Bertz CT molecular complexity index is 272. The first-order valence-corrected chi connectivity index (χ1v) is 4.80. The number of nitrogens with zero attached hydrogens (tertiary/aromatic N) is 1. The smallest absolute Gasteiger partial charge is 0.0281 e. The first-order chi connectivity index (χ1) is 6.27. The van der Waals surface area contributed by atoms with Gasteiger partial charge < -0.3 is 0 Å². The van der Waals surface area contributed by atoms with E-state index in [1.54, 1.807) is 7.05 Å². The minimum atomic E-state index is 0.660. The Morgan fingerprint density at radius 1 is 1.31 bits per heavy atom. The molecular formula is C12H17N. The van der Waals surface area contributed by atoms with Crippen molar-refractivity contribution in [3.05, 3.63) is 35.4 Å². The first kappa shape index (κ1) is 9.97. The molecule has 70 valence electrons. The van der Waals surface area contributed by atoms with E-state index < -0.39 is 0 Å². The lowest BCUT2D eigenvalue weighted by Crippen LogP contribution is -1.91. The minimum absolute atomic E-state index is 0.660. The maximum Gasteiger partial charge on any atom is 0.0281 e. The summed E-state index contributed by atoms with van der Waals surface area (Å²) < 4.78 is 0. The summed E-state index contributed by atoms with van der Waals surface area (Å²) in [6, 6.07) is 8.61. The van der Waals surface area contributed by atoms with Gasteiger partial charge in [0.15, 0.2) is 0 Å². The summed E-state index contributed by atoms with van der Waals surface area (Å²) >= 11 is 0. The molecule has 0 N–H and O–H groups in total. The number of hydrogen-bond acceptors (Lipinski definition) is 1. The highest BCUT2D eigenvalue weighted by molar-refractivity contribution is 5.79. The molecule has 1 atom stereocenters. The predicted octanol–water partition coefficient (Wildman–Crippen LogP) is 3.25. The molecule has 1 aromatic rings. The van der Waals surface area contributed by atoms with Crippen LogP contribution in [0.2, 0.25) is 0 Å². The largest absolute Gasteiger partial charge is 0.296 e. The van der Waals surface area contributed by atoms with Gasteiger partial charge in [-0.1, -0.05) is 38.1 Å². The quantitative estimate of drug-likeness (QED) is 0.625. The van der Waals surface area contributed by atoms with Crippen LogP contribution in [0.25, 0.3) is 0 Å². The molecule has 1 rings (SSSR count). The zero-order valence-electron chi connectivity index (χ0n) is 8.62. The Labute approximate surface area is 80.5 Å². The highest BCUT2D eigenvalue weighted by atomic mass is 14.6. The van der Waals surface area contributed by atoms with Crippen LogP contribution in [-0.2, 0) is 0 Å². The molecule has 13 heavy (non-hydrogen) atoms. The third kappa shape index (κ3) is 2.69. The van der Waals surface area contributed by atoms with E-state index in [-0.39, 0.29) is 0 Å². The molecule has 0 saturated heterocycles. The summed E-state index contributed by atoms with van der Waals surface area (Å²) in [5.74, 6) is 0.660. The monoisotopic (exact) mass is 175 g/mol. The van der Waals surface area contributed by atoms with E-state index >= 15 is 0 Å². The molecule has 0 aromatic heterocycles. The van der Waals surface area contributed by atoms with Crippen molar-refractivity contribution >= 4 is 6.21 Å². The Hall–Kier alpha value is -1.11. The second-order valence-electron chi connectivity index (χ2n) is 3.36. The first-order valence-electron chi connectivity index (χ1n) is 4.80. The summed E-state index contributed by atoms with van der Waals surface area (Å²) in [5, 5.41) is 0. The average Bonchev–Trinajstić information content (AvgIpc) is 2.18. The maximum absolute atomic E-state index is 3.98. The van der Waals surface area contributed by atoms with Gasteiger partial charge in [0.1, 0.15) is 0 Å². The minimum Gasteiger partial charge on any atom is -0.296 e. The van der Waals surface area contributed by atoms with Crippen LogP contribution < -0.4 is 0 Å². The van der Waals surface area contributed by atoms with E-state index in [4.69, 9.17) is 0 Å². The number of benzene rings is 1. The fourth-order valence-corrected chi connectivity index (χ4v) is 1.30. The molecule has 0 spiro atoms. The fourth-order valence-electron chi connectivity index (χ4n) is 1.30. The second-order valence-corrected chi connectivity index (χ2v) is 3.36. The number of hydrogen-bond donors (Lipinski definition) is 0. The van der Waals surface area contributed by atoms with Gasteiger partial charge in [-0.25, -0.2) is 0 Å². The molecule has 0 bridgehead atoms. The van der Waals surface area contributed by atoms with Gasteiger partial charge in [-0.05, 0) is 23.5 Å². The summed E-state index contributed by atoms with van der Waals surface area (Å²) in [5.41, 5.74) is 2.59. The summed E-state index contributed by atoms with van der Waals surface area (Å²) in [7, 11) is 1.79. The highest BCUT2D eigenvalue weighted by Gasteiger charge is 2.00. The second kappa shape index (κ2) is 4.80. The van der Waals surface area contributed by atoms with Gasteiger partial charge in [-0.3, -0.25) is 4.99 Å². The Kier molecular flexibility index (Phi) is 3.69. The van der Waals surface area contributed by atoms with Gasteiger partial charge in [0, 0.05) is 13.3 Å². The van der Waals surface area contributed by atoms with Gasteiger partial charge in [0.2, 0.25) is 0 Å². The topological polar surface area (TPSA) is 12.4 Å². The van der Waals surface area contributed by atoms with E-state index in [1.165, 1.54) is 17.5 Å². The number of aliphatic imine (C=N–C) groups is 1. The molecule has 0 aliphatic rings. The van der Waals surface area contributed by atoms with Crippen molar-refractivity contribution in [2.24, 2.45) is 4.99 Å². The normalized spacial score (nSPS) is 13.5. The fraction of sp³-hybridized carbons (Fsp3) is 0.417. The van der Waals surface area contributed by atoms with E-state index in [9.17, 15) is 0 Å². The van der Waals surface area contributed by atoms with Crippen LogP contribution in [0, 0.1) is 0 Å². The molecule has 1 unspecified atom stereocenters. The summed E-state index contributed by atoms with van der Waals surface area (Å²) in [6.07, 6.45) is 3.07. The van der Waals surface area contributed by atoms with Gasteiger partial charge >= 0.3 is 0 Å². The van der Waals surface area contributed by atoms with Crippen LogP contribution in [-0.4, -0.2) is 13.3 Å². The third-order valence-corrected chi connectivity index (χ3v) is 2.40. The molecule has 1 heteroatoms. The Balaban J connectivity index is 2.80. The Morgan fingerprint density at radius 3 is 2.38 bits per heavy atom. The van der Waals surface area contributed by atoms with Crippen molar-refractivity contribution in [3.63, 3.8) is 0 Å². The zero-order chi connectivity index (χ0) is 9.68. The van der Waals surface area contributed by atoms with Crippen LogP contribution in [0.15, 0.2) is 29.3 Å². The summed E-state index contributed by atoms with van der Waals surface area (Å²) in [4.78, 5) is 3.98. The van der Waals surface area contributed by atoms with Gasteiger partial charge in [-0.15, -0.1) is 0 Å². The Morgan fingerprint density at radius 2 is 1.92 bits per heavy atom. The van der Waals surface area contributed by atoms with Crippen LogP contribution >= 0.6 is 0 Å². The van der Waals surface area contributed by atoms with Gasteiger partial charge in [0.05, 0.1) is 0 Å². The van der Waals surface area contributed by atoms with Gasteiger partial charge in [0.25, 0.3) is 0 Å². The average molecular weight is 175 g/mol. The van der Waals surface area contributed by atoms with Crippen molar-refractivity contribution in [1.29, 1.82) is 0 Å². The molecule has 0 heterocycles. The molecule has 0 radical (unpaired) electrons. The lowest BCUT2D eigenvalue weighted by atomic mass is 9.98. The van der Waals surface area contributed by atoms with Gasteiger partial charge in [-0.2, -0.15) is 0 Å². The van der Waals surface area contributed by atoms with Crippen molar-refractivity contribution in [1.82, 2.24) is 0 Å². The molecular weight excluding hydrogens is 158 g/mol. The molecule has 0 fully saturated rings. The maximum atomic E-state index is 3.98. The molecule has 0 amide bonds. The molecule has 0 saturated carbocycles. The van der Waals surface area contributed by atoms with Crippen LogP contribution in [0.4, 0.5) is 0 Å². The molecule has 1 aromatic carbocycles. The summed E-state index contributed by atoms with van der Waals surface area (Å²) in [6.45, 7) is 4.47. The lowest BCUT2D eigenvalue weighted by molar-refractivity contribution is 0.733. The third-order valence-electron chi connectivity index (χ3n) is 2.40. The highest BCUT2D eigenvalue weighted by Crippen LogP contribution is 2.18. The molecule has 0 aliphatic heterocycles. The predicted molar refractivity (Wildman–Crippen MR) is 58.7 cm³/mol. The van der Waals surface area contributed by atoms with Crippen molar-refractivity contribution < 1.29 is 0 Å². The van der Waals surface area contributed by atoms with E-state index in [0.717, 1.165) is 0 Å². The van der Waals surface area contributed by atoms with Crippen molar-refractivity contribution in [2.45, 2.75) is 26.2 Å². The number of rotatable bonds is 3. The van der Waals surface area contributed by atoms with E-state index in [2.05, 4.69) is 43.1 Å². The van der Waals surface area contributed by atoms with Crippen LogP contribution in [0.5, 0.6) is 0 Å². The van der Waals surface area contributed by atoms with Crippen molar-refractivity contribution in [2.75, 3.05) is 7.05 Å². The standard InChI is InChI=1S/C12H17N/c1-4-10(2)12-7-5-11(6-8-12)9-13-3/h5-10H,4H2,1-3H3/b13-9+. The lowest BCUT2D eigenvalue weighted by Gasteiger charge is -2.08. The van der Waals surface area contributed by atoms with Crippen LogP contribution in [0.3, 0.4) is 0 Å². The SMILES string of the molecule is CCC(C)c1ccc(/C=N/C)cc1. The molecule has 1 nitrogen and oxygen atoms in total. The molecule has 0 aliphatic carbocycles.